The summed E-state index contributed by atoms with van der Waals surface area (Å²) < 4.78 is 13.2. The molecule has 0 aromatic heterocycles. The second-order valence-corrected chi connectivity index (χ2v) is 16.6. The van der Waals surface area contributed by atoms with E-state index in [0.29, 0.717) is 0 Å². The first-order valence-electron chi connectivity index (χ1n) is 16.1. The van der Waals surface area contributed by atoms with Gasteiger partial charge in [-0.1, -0.05) is 156 Å². The number of benzene rings is 4. The topological polar surface area (TPSA) is 52.6 Å². The summed E-state index contributed by atoms with van der Waals surface area (Å²) in [5.74, 6) is -1.21. The summed E-state index contributed by atoms with van der Waals surface area (Å²) in [5, 5.41) is 4.36. The van der Waals surface area contributed by atoms with Crippen LogP contribution < -0.4 is 0 Å². The fraction of sp³-hybridized carbons (Fsp3) is 0.463. The summed E-state index contributed by atoms with van der Waals surface area (Å²) in [7, 11) is 0. The number of carbonyl (C=O) groups excluding carboxylic acids is 2. The quantitative estimate of drug-likeness (QED) is 0.161. The minimum Gasteiger partial charge on any atom is -0.453 e. The maximum atomic E-state index is 14.0. The maximum Gasteiger partial charge on any atom is 0.318 e. The highest BCUT2D eigenvalue weighted by Gasteiger charge is 2.57. The Morgan fingerprint density at radius 2 is 0.733 bits per heavy atom. The van der Waals surface area contributed by atoms with Crippen molar-refractivity contribution in [2.45, 2.75) is 101 Å². The zero-order chi connectivity index (χ0) is 33.6. The predicted octanol–water partition coefficient (Wildman–Crippen LogP) is 10.7. The maximum absolute atomic E-state index is 14.0. The molecule has 4 nitrogen and oxygen atoms in total. The molecule has 45 heavy (non-hydrogen) atoms. The van der Waals surface area contributed by atoms with Crippen LogP contribution in [0.5, 0.6) is 0 Å². The highest BCUT2D eigenvalue weighted by Crippen LogP contribution is 2.56. The second kappa shape index (κ2) is 11.6. The standard InChI is InChI=1S/C41H52O4/c1-36(2,3)40(37(4,5)6,32-23-21-28-17-13-15-19-30(28)25-32)44-34(42)27-35(43)45-41(38(7,8)9,39(10,11)12)33-24-22-29-18-14-16-20-31(29)26-33/h13-26H,27H2,1-12H3. The van der Waals surface area contributed by atoms with Gasteiger partial charge in [-0.3, -0.25) is 9.59 Å². The van der Waals surface area contributed by atoms with Crippen molar-refractivity contribution in [1.29, 1.82) is 0 Å². The molecule has 0 spiro atoms. The summed E-state index contributed by atoms with van der Waals surface area (Å²) in [6, 6.07) is 28.8. The molecule has 4 rings (SSSR count). The minimum absolute atomic E-state index is 0.497. The third kappa shape index (κ3) is 6.13. The molecule has 0 saturated carbocycles. The van der Waals surface area contributed by atoms with E-state index in [4.69, 9.17) is 9.47 Å². The molecular weight excluding hydrogens is 556 g/mol. The van der Waals surface area contributed by atoms with E-state index in [-0.39, 0.29) is 0 Å². The van der Waals surface area contributed by atoms with Crippen LogP contribution in [-0.2, 0) is 30.3 Å². The number of hydrogen-bond donors (Lipinski definition) is 0. The van der Waals surface area contributed by atoms with Crippen LogP contribution in [0.15, 0.2) is 84.9 Å². The van der Waals surface area contributed by atoms with Crippen LogP contribution in [-0.4, -0.2) is 11.9 Å². The van der Waals surface area contributed by atoms with Gasteiger partial charge in [0.1, 0.15) is 17.6 Å². The van der Waals surface area contributed by atoms with E-state index in [1.54, 1.807) is 0 Å². The van der Waals surface area contributed by atoms with E-state index in [1.165, 1.54) is 0 Å². The van der Waals surface area contributed by atoms with Crippen molar-refractivity contribution in [3.05, 3.63) is 96.1 Å². The van der Waals surface area contributed by atoms with Crippen LogP contribution in [0.25, 0.3) is 21.5 Å². The molecule has 0 aliphatic heterocycles. The average Bonchev–Trinajstić information content (AvgIpc) is 2.91. The van der Waals surface area contributed by atoms with Gasteiger partial charge in [-0.25, -0.2) is 0 Å². The van der Waals surface area contributed by atoms with Gasteiger partial charge in [0.25, 0.3) is 0 Å². The first-order chi connectivity index (χ1) is 20.6. The van der Waals surface area contributed by atoms with Gasteiger partial charge in [-0.15, -0.1) is 0 Å². The van der Waals surface area contributed by atoms with Crippen molar-refractivity contribution in [3.63, 3.8) is 0 Å². The zero-order valence-corrected chi connectivity index (χ0v) is 29.4. The van der Waals surface area contributed by atoms with Gasteiger partial charge in [0.2, 0.25) is 0 Å². The summed E-state index contributed by atoms with van der Waals surface area (Å²) in [6.07, 6.45) is -0.497. The van der Waals surface area contributed by atoms with Crippen LogP contribution in [0.4, 0.5) is 0 Å². The van der Waals surface area contributed by atoms with Crippen LogP contribution in [0.2, 0.25) is 0 Å². The SMILES string of the molecule is CC(C)(C)C(OC(=O)CC(=O)OC(c1ccc2ccccc2c1)(C(C)(C)C)C(C)(C)C)(c1ccc2ccccc2c1)C(C)(C)C. The first-order valence-corrected chi connectivity index (χ1v) is 16.1. The Morgan fingerprint density at radius 3 is 1.02 bits per heavy atom. The van der Waals surface area contributed by atoms with Gasteiger partial charge in [0.15, 0.2) is 0 Å². The highest BCUT2D eigenvalue weighted by molar-refractivity contribution is 5.92. The molecule has 0 amide bonds. The second-order valence-electron chi connectivity index (χ2n) is 16.6. The van der Waals surface area contributed by atoms with E-state index in [1.807, 2.05) is 36.4 Å². The van der Waals surface area contributed by atoms with Gasteiger partial charge >= 0.3 is 11.9 Å². The molecule has 0 N–H and O–H groups in total. The fourth-order valence-electron chi connectivity index (χ4n) is 8.06. The van der Waals surface area contributed by atoms with Crippen LogP contribution in [0, 0.1) is 21.7 Å². The Morgan fingerprint density at radius 1 is 0.444 bits per heavy atom. The van der Waals surface area contributed by atoms with Crippen molar-refractivity contribution in [2.24, 2.45) is 21.7 Å². The van der Waals surface area contributed by atoms with Crippen LogP contribution in [0.1, 0.15) is 101 Å². The molecule has 0 heterocycles. The molecule has 0 atom stereocenters. The Bertz CT molecular complexity index is 1540. The van der Waals surface area contributed by atoms with E-state index in [2.05, 4.69) is 132 Å². The van der Waals surface area contributed by atoms with Gasteiger partial charge in [-0.2, -0.15) is 0 Å². The van der Waals surface area contributed by atoms with Gasteiger partial charge < -0.3 is 9.47 Å². The molecule has 0 unspecified atom stereocenters. The third-order valence-electron chi connectivity index (χ3n) is 9.36. The van der Waals surface area contributed by atoms with E-state index in [0.717, 1.165) is 32.7 Å². The first kappa shape index (κ1) is 34.2. The van der Waals surface area contributed by atoms with Crippen LogP contribution >= 0.6 is 0 Å². The van der Waals surface area contributed by atoms with E-state index >= 15 is 0 Å². The normalized spacial score (nSPS) is 13.6. The average molecular weight is 609 g/mol. The number of fused-ring (bicyclic) bond motifs is 2. The van der Waals surface area contributed by atoms with Gasteiger partial charge in [0.05, 0.1) is 0 Å². The Balaban J connectivity index is 1.75. The molecular formula is C41H52O4. The van der Waals surface area contributed by atoms with E-state index in [9.17, 15) is 9.59 Å². The van der Waals surface area contributed by atoms with Crippen molar-refractivity contribution in [1.82, 2.24) is 0 Å². The molecule has 0 aliphatic rings. The minimum atomic E-state index is -1.04. The van der Waals surface area contributed by atoms with Gasteiger partial charge in [-0.05, 0) is 44.8 Å². The lowest BCUT2D eigenvalue weighted by Crippen LogP contribution is -2.54. The molecule has 4 aromatic rings. The van der Waals surface area contributed by atoms with Crippen LogP contribution in [0.3, 0.4) is 0 Å². The molecule has 0 saturated heterocycles. The molecule has 0 radical (unpaired) electrons. The summed E-state index contributed by atoms with van der Waals surface area (Å²) in [6.45, 7) is 25.0. The summed E-state index contributed by atoms with van der Waals surface area (Å²) >= 11 is 0. The Kier molecular flexibility index (Phi) is 8.83. The Hall–Kier alpha value is -3.66. The number of rotatable bonds is 6. The lowest BCUT2D eigenvalue weighted by molar-refractivity contribution is -0.214. The summed E-state index contributed by atoms with van der Waals surface area (Å²) in [4.78, 5) is 27.9. The van der Waals surface area contributed by atoms with Crippen molar-refractivity contribution in [3.8, 4) is 0 Å². The molecule has 4 heteroatoms. The Labute approximate surface area is 270 Å². The van der Waals surface area contributed by atoms with Crippen molar-refractivity contribution < 1.29 is 19.1 Å². The van der Waals surface area contributed by atoms with E-state index < -0.39 is 51.2 Å². The van der Waals surface area contributed by atoms with Gasteiger partial charge in [0, 0.05) is 21.7 Å². The molecule has 0 fully saturated rings. The molecule has 240 valence electrons. The van der Waals surface area contributed by atoms with Crippen molar-refractivity contribution in [2.75, 3.05) is 0 Å². The number of esters is 2. The monoisotopic (exact) mass is 608 g/mol. The lowest BCUT2D eigenvalue weighted by atomic mass is 9.59. The van der Waals surface area contributed by atoms with Crippen molar-refractivity contribution >= 4 is 33.5 Å². The summed E-state index contributed by atoms with van der Waals surface area (Å²) in [5.41, 5.74) is -2.28. The largest absolute Gasteiger partial charge is 0.453 e. The third-order valence-corrected chi connectivity index (χ3v) is 9.36. The number of carbonyl (C=O) groups is 2. The smallest absolute Gasteiger partial charge is 0.318 e. The lowest BCUT2D eigenvalue weighted by Gasteiger charge is -2.53. The highest BCUT2D eigenvalue weighted by atomic mass is 16.6. The zero-order valence-electron chi connectivity index (χ0n) is 29.4. The molecule has 4 aromatic carbocycles. The number of hydrogen-bond acceptors (Lipinski definition) is 4. The molecule has 0 bridgehead atoms. The predicted molar refractivity (Wildman–Crippen MR) is 186 cm³/mol. The number of ether oxygens (including phenoxy) is 2. The fourth-order valence-corrected chi connectivity index (χ4v) is 8.06. The molecule has 0 aliphatic carbocycles.